The Hall–Kier alpha value is -6.66. The van der Waals surface area contributed by atoms with Crippen LogP contribution in [0.1, 0.15) is 33.7 Å². The fourth-order valence-corrected chi connectivity index (χ4v) is 7.24. The van der Waals surface area contributed by atoms with Crippen LogP contribution in [0.5, 0.6) is 5.75 Å². The SMILES string of the molecule is O=C(N[C@@H](Cc1c[nH]c2ccc(O)cc12)C(=O)N[C@@H](Cc1ccc(Cl)cc1)C(=O)N[C@@H](Cc1ccncc1)C(=O)O)OCC1c2ccccc2-c2ccccc21. The number of hydrogen-bond donors (Lipinski definition) is 6. The van der Waals surface area contributed by atoms with Crippen molar-refractivity contribution in [2.24, 2.45) is 0 Å². The topological polar surface area (TPSA) is 183 Å². The number of benzene rings is 4. The molecule has 4 aromatic carbocycles. The van der Waals surface area contributed by atoms with Crippen LogP contribution in [0, 0.1) is 0 Å². The van der Waals surface area contributed by atoms with E-state index in [-0.39, 0.29) is 37.5 Å². The number of carbonyl (C=O) groups is 4. The number of ether oxygens (including phenoxy) is 1. The molecule has 0 saturated carbocycles. The summed E-state index contributed by atoms with van der Waals surface area (Å²) >= 11 is 6.11. The Balaban J connectivity index is 1.13. The van der Waals surface area contributed by atoms with Gasteiger partial charge < -0.3 is 35.9 Å². The smallest absolute Gasteiger partial charge is 0.407 e. The van der Waals surface area contributed by atoms with Gasteiger partial charge in [0.1, 0.15) is 30.5 Å². The van der Waals surface area contributed by atoms with Crippen LogP contribution in [0.4, 0.5) is 4.79 Å². The molecule has 3 amide bonds. The predicted octanol–water partition coefficient (Wildman–Crippen LogP) is 5.91. The number of phenols is 1. The van der Waals surface area contributed by atoms with E-state index in [0.29, 0.717) is 32.6 Å². The average molecular weight is 772 g/mol. The first-order valence-electron chi connectivity index (χ1n) is 18.0. The zero-order valence-electron chi connectivity index (χ0n) is 29.9. The van der Waals surface area contributed by atoms with Crippen molar-refractivity contribution in [1.29, 1.82) is 0 Å². The number of amides is 3. The maximum absolute atomic E-state index is 14.3. The van der Waals surface area contributed by atoms with Gasteiger partial charge in [-0.2, -0.15) is 0 Å². The minimum Gasteiger partial charge on any atom is -0.508 e. The highest BCUT2D eigenvalue weighted by Gasteiger charge is 2.33. The molecule has 7 rings (SSSR count). The maximum Gasteiger partial charge on any atom is 0.407 e. The monoisotopic (exact) mass is 771 g/mol. The van der Waals surface area contributed by atoms with Gasteiger partial charge in [-0.1, -0.05) is 72.3 Å². The molecule has 0 bridgehead atoms. The van der Waals surface area contributed by atoms with E-state index in [9.17, 15) is 29.4 Å². The number of fused-ring (bicyclic) bond motifs is 4. The van der Waals surface area contributed by atoms with E-state index in [4.69, 9.17) is 16.3 Å². The highest BCUT2D eigenvalue weighted by atomic mass is 35.5. The van der Waals surface area contributed by atoms with E-state index in [1.54, 1.807) is 54.7 Å². The van der Waals surface area contributed by atoms with E-state index < -0.39 is 42.0 Å². The number of hydrogen-bond acceptors (Lipinski definition) is 7. The lowest BCUT2D eigenvalue weighted by atomic mass is 9.98. The van der Waals surface area contributed by atoms with Crippen LogP contribution in [0.3, 0.4) is 0 Å². The van der Waals surface area contributed by atoms with Gasteiger partial charge in [-0.05, 0) is 81.4 Å². The first-order chi connectivity index (χ1) is 27.1. The summed E-state index contributed by atoms with van der Waals surface area (Å²) in [4.78, 5) is 61.2. The van der Waals surface area contributed by atoms with E-state index in [2.05, 4.69) is 25.9 Å². The summed E-state index contributed by atoms with van der Waals surface area (Å²) in [6.07, 6.45) is 3.79. The van der Waals surface area contributed by atoms with Gasteiger partial charge in [0.2, 0.25) is 11.8 Å². The van der Waals surface area contributed by atoms with Crippen LogP contribution in [0.15, 0.2) is 122 Å². The summed E-state index contributed by atoms with van der Waals surface area (Å²) in [5.74, 6) is -2.93. The van der Waals surface area contributed by atoms with Crippen molar-refractivity contribution in [2.75, 3.05) is 6.61 Å². The van der Waals surface area contributed by atoms with Crippen LogP contribution in [-0.4, -0.2) is 68.8 Å². The Morgan fingerprint density at radius 2 is 1.32 bits per heavy atom. The number of phenolic OH excluding ortho intramolecular Hbond substituents is 1. The molecule has 0 spiro atoms. The second-order valence-electron chi connectivity index (χ2n) is 13.6. The summed E-state index contributed by atoms with van der Waals surface area (Å²) in [6, 6.07) is 26.8. The Morgan fingerprint density at radius 1 is 0.732 bits per heavy atom. The van der Waals surface area contributed by atoms with Crippen molar-refractivity contribution in [3.63, 3.8) is 0 Å². The summed E-state index contributed by atoms with van der Waals surface area (Å²) in [5.41, 5.74) is 6.76. The lowest BCUT2D eigenvalue weighted by Gasteiger charge is -2.25. The minimum atomic E-state index is -1.32. The maximum atomic E-state index is 14.3. The summed E-state index contributed by atoms with van der Waals surface area (Å²) in [5, 5.41) is 29.4. The molecule has 0 aliphatic heterocycles. The molecule has 0 unspecified atom stereocenters. The molecule has 13 heteroatoms. The number of carboxylic acid groups (broad SMARTS) is 1. The summed E-state index contributed by atoms with van der Waals surface area (Å²) < 4.78 is 5.80. The van der Waals surface area contributed by atoms with E-state index in [1.807, 2.05) is 48.5 Å². The Bertz CT molecular complexity index is 2340. The quantitative estimate of drug-likeness (QED) is 0.0790. The van der Waals surface area contributed by atoms with Gasteiger partial charge >= 0.3 is 12.1 Å². The molecule has 6 aromatic rings. The lowest BCUT2D eigenvalue weighted by Crippen LogP contribution is -2.57. The van der Waals surface area contributed by atoms with Gasteiger partial charge in [0.25, 0.3) is 0 Å². The number of aromatic amines is 1. The molecule has 0 fully saturated rings. The Labute approximate surface area is 326 Å². The molecular weight excluding hydrogens is 734 g/mol. The number of pyridine rings is 1. The van der Waals surface area contributed by atoms with Crippen molar-refractivity contribution in [1.82, 2.24) is 25.9 Å². The highest BCUT2D eigenvalue weighted by Crippen LogP contribution is 2.44. The summed E-state index contributed by atoms with van der Waals surface area (Å²) in [6.45, 7) is 0.00477. The molecule has 56 heavy (non-hydrogen) atoms. The van der Waals surface area contributed by atoms with Crippen LogP contribution in [0.25, 0.3) is 22.0 Å². The third kappa shape index (κ3) is 8.66. The average Bonchev–Trinajstić information content (AvgIpc) is 3.75. The Kier molecular flexibility index (Phi) is 11.3. The van der Waals surface area contributed by atoms with Crippen LogP contribution in [0.2, 0.25) is 5.02 Å². The molecule has 3 atom stereocenters. The van der Waals surface area contributed by atoms with Crippen LogP contribution < -0.4 is 16.0 Å². The zero-order valence-corrected chi connectivity index (χ0v) is 30.7. The largest absolute Gasteiger partial charge is 0.508 e. The number of carbonyl (C=O) groups excluding carboxylic acids is 3. The fourth-order valence-electron chi connectivity index (χ4n) is 7.11. The normalized spacial score (nSPS) is 13.5. The number of rotatable bonds is 14. The second kappa shape index (κ2) is 16.8. The molecule has 1 aliphatic rings. The molecule has 6 N–H and O–H groups in total. The van der Waals surface area contributed by atoms with E-state index >= 15 is 0 Å². The van der Waals surface area contributed by atoms with Gasteiger partial charge in [-0.15, -0.1) is 0 Å². The third-order valence-electron chi connectivity index (χ3n) is 9.92. The van der Waals surface area contributed by atoms with E-state index in [0.717, 1.165) is 22.3 Å². The molecular formula is C43H38ClN5O7. The molecule has 2 aromatic heterocycles. The van der Waals surface area contributed by atoms with Crippen molar-refractivity contribution in [3.8, 4) is 16.9 Å². The standard InChI is InChI=1S/C43H38ClN5O7/c44-28-11-9-25(10-12-28)19-37(40(51)48-39(42(53)54)20-26-15-17-45-18-16-26)47-41(52)38(21-27-23-46-36-14-13-29(50)22-34(27)36)49-43(55)56-24-35-32-7-3-1-5-30(32)31-6-2-4-8-33(31)35/h1-18,22-23,35,37-39,46,50H,19-21,24H2,(H,47,52)(H,48,51)(H,49,55)(H,53,54)/t37-,38-,39-/m0/s1. The van der Waals surface area contributed by atoms with Gasteiger partial charge in [-0.3, -0.25) is 14.6 Å². The number of nitrogens with zero attached hydrogens (tertiary/aromatic N) is 1. The lowest BCUT2D eigenvalue weighted by molar-refractivity contribution is -0.142. The molecule has 12 nitrogen and oxygen atoms in total. The third-order valence-corrected chi connectivity index (χ3v) is 10.2. The number of carboxylic acids is 1. The number of aromatic nitrogens is 2. The van der Waals surface area contributed by atoms with Gasteiger partial charge in [0.15, 0.2) is 0 Å². The first-order valence-corrected chi connectivity index (χ1v) is 18.4. The van der Waals surface area contributed by atoms with Crippen LogP contribution in [-0.2, 0) is 38.4 Å². The van der Waals surface area contributed by atoms with Crippen molar-refractivity contribution >= 4 is 46.4 Å². The second-order valence-corrected chi connectivity index (χ2v) is 14.1. The first kappa shape index (κ1) is 37.6. The van der Waals surface area contributed by atoms with Gasteiger partial charge in [-0.25, -0.2) is 9.59 Å². The van der Waals surface area contributed by atoms with Crippen LogP contribution >= 0.6 is 11.6 Å². The number of alkyl carbamates (subject to hydrolysis) is 1. The highest BCUT2D eigenvalue weighted by molar-refractivity contribution is 6.30. The fraction of sp³-hybridized carbons (Fsp3) is 0.186. The molecule has 0 saturated heterocycles. The van der Waals surface area contributed by atoms with Crippen molar-refractivity contribution in [2.45, 2.75) is 43.3 Å². The predicted molar refractivity (Wildman–Crippen MR) is 210 cm³/mol. The number of aromatic hydroxyl groups is 1. The molecule has 0 radical (unpaired) electrons. The van der Waals surface area contributed by atoms with E-state index in [1.165, 1.54) is 18.5 Å². The summed E-state index contributed by atoms with van der Waals surface area (Å²) in [7, 11) is 0. The number of halogens is 1. The minimum absolute atomic E-state index is 0.00477. The number of nitrogens with one attached hydrogen (secondary N) is 4. The van der Waals surface area contributed by atoms with Crippen molar-refractivity contribution in [3.05, 3.63) is 155 Å². The number of H-pyrrole nitrogens is 1. The number of aliphatic carboxylic acids is 1. The molecule has 2 heterocycles. The molecule has 1 aliphatic carbocycles. The zero-order chi connectivity index (χ0) is 39.2. The van der Waals surface area contributed by atoms with Gasteiger partial charge in [0, 0.05) is 59.7 Å². The van der Waals surface area contributed by atoms with Gasteiger partial charge in [0.05, 0.1) is 0 Å². The van der Waals surface area contributed by atoms with Crippen molar-refractivity contribution < 1.29 is 34.1 Å². The molecule has 284 valence electrons. The Morgan fingerprint density at radius 3 is 1.98 bits per heavy atom.